The number of hydrogen-bond donors (Lipinski definition) is 0. The van der Waals surface area contributed by atoms with Crippen LogP contribution in [-0.2, 0) is 41.5 Å². The number of carboxylic acid groups (broad SMARTS) is 1. The van der Waals surface area contributed by atoms with E-state index in [1.165, 1.54) is 48.5 Å². The molecule has 5 aromatic rings. The van der Waals surface area contributed by atoms with Crippen molar-refractivity contribution in [3.05, 3.63) is 182 Å². The van der Waals surface area contributed by atoms with Crippen molar-refractivity contribution in [2.75, 3.05) is 0 Å². The Morgan fingerprint density at radius 2 is 0.870 bits per heavy atom. The number of fused-ring (bicyclic) bond motifs is 2. The normalized spacial score (nSPS) is 13.6. The van der Waals surface area contributed by atoms with Crippen molar-refractivity contribution in [3.8, 4) is 0 Å². The molecule has 2 aliphatic rings. The molecule has 0 N–H and O–H groups in total. The van der Waals surface area contributed by atoms with Gasteiger partial charge < -0.3 is 15.0 Å². The fourth-order valence-electron chi connectivity index (χ4n) is 6.31. The van der Waals surface area contributed by atoms with Crippen LogP contribution in [0.1, 0.15) is 75.6 Å². The molecule has 1 radical (unpaired) electrons. The molecular formula is C42H32FeN4O7+. The van der Waals surface area contributed by atoms with Gasteiger partial charge in [-0.15, -0.1) is 0 Å². The fourth-order valence-corrected chi connectivity index (χ4v) is 6.31. The first kappa shape index (κ1) is 39.0. The second-order valence-corrected chi connectivity index (χ2v) is 12.6. The smallest absolute Gasteiger partial charge is 0.869 e. The van der Waals surface area contributed by atoms with Gasteiger partial charge >= 0.3 is 17.1 Å². The molecule has 12 heteroatoms. The Hall–Kier alpha value is -6.20. The van der Waals surface area contributed by atoms with Gasteiger partial charge in [0.1, 0.15) is 0 Å². The third kappa shape index (κ3) is 8.21. The first-order valence-corrected chi connectivity index (χ1v) is 16.7. The Kier molecular flexibility index (Phi) is 12.0. The number of aromatic nitrogens is 3. The average Bonchev–Trinajstić information content (AvgIpc) is 3.13. The number of nitrogens with zero attached hydrogens (tertiary/aromatic N) is 4. The molecule has 3 heterocycles. The van der Waals surface area contributed by atoms with Crippen molar-refractivity contribution in [1.82, 2.24) is 19.9 Å². The number of ketones is 4. The number of aliphatic carboxylic acids is 1. The molecule has 0 spiro atoms. The van der Waals surface area contributed by atoms with Crippen LogP contribution < -0.4 is 10.2 Å². The second kappa shape index (κ2) is 16.6. The first-order chi connectivity index (χ1) is 25.4. The minimum atomic E-state index is -2.01. The minimum absolute atomic E-state index is 0. The number of rotatable bonds is 8. The standard InChI is InChI=1S/C21H24N4.C21H10O7.Fe/c1-16-7-4-10-19(22-16)13-25(14-20-11-5-8-17(2)23-20)15-21-12-6-9-18(3)24-21;22-16-9-5-1-2-6-10(9)18(24)15(21(27)28)13(16)14-17(23)11-7-3-4-8-12(11)19(25)20(14)26;/h4-12H,13-15H2,1-3H3;1-8,26H,(H,27,28);/q;;+3/p-2. The summed E-state index contributed by atoms with van der Waals surface area (Å²) in [4.78, 5) is 78.8. The molecule has 0 saturated heterocycles. The van der Waals surface area contributed by atoms with Gasteiger partial charge in [-0.05, 0) is 62.9 Å². The van der Waals surface area contributed by atoms with Gasteiger partial charge in [-0.25, -0.2) is 0 Å². The molecule has 0 atom stereocenters. The van der Waals surface area contributed by atoms with Gasteiger partial charge in [0.15, 0.2) is 23.1 Å². The predicted molar refractivity (Wildman–Crippen MR) is 189 cm³/mol. The zero-order valence-corrected chi connectivity index (χ0v) is 30.5. The maximum atomic E-state index is 12.9. The zero-order chi connectivity index (χ0) is 37.8. The van der Waals surface area contributed by atoms with Gasteiger partial charge in [-0.1, -0.05) is 66.7 Å². The summed E-state index contributed by atoms with van der Waals surface area (Å²) in [5, 5.41) is 24.3. The number of allylic oxidation sites excluding steroid dienone is 3. The van der Waals surface area contributed by atoms with E-state index in [2.05, 4.69) is 56.3 Å². The van der Waals surface area contributed by atoms with E-state index in [0.717, 1.165) is 53.8 Å². The van der Waals surface area contributed by atoms with E-state index < -0.39 is 51.6 Å². The number of pyridine rings is 3. The van der Waals surface area contributed by atoms with E-state index in [1.807, 2.05) is 39.0 Å². The van der Waals surface area contributed by atoms with Gasteiger partial charge in [0.05, 0.1) is 28.6 Å². The Balaban J connectivity index is 0.000000205. The largest absolute Gasteiger partial charge is 3.00 e. The summed E-state index contributed by atoms with van der Waals surface area (Å²) >= 11 is 0. The van der Waals surface area contributed by atoms with Crippen LogP contribution in [0.15, 0.2) is 126 Å². The average molecular weight is 761 g/mol. The zero-order valence-electron chi connectivity index (χ0n) is 29.4. The molecule has 2 aromatic carbocycles. The Bertz CT molecular complexity index is 2290. The van der Waals surface area contributed by atoms with Crippen LogP contribution in [0, 0.1) is 20.8 Å². The van der Waals surface area contributed by atoms with Gasteiger partial charge in [-0.2, -0.15) is 0 Å². The minimum Gasteiger partial charge on any atom is -0.869 e. The third-order valence-corrected chi connectivity index (χ3v) is 8.65. The van der Waals surface area contributed by atoms with Gasteiger partial charge in [0.25, 0.3) is 0 Å². The summed E-state index contributed by atoms with van der Waals surface area (Å²) < 4.78 is 0. The van der Waals surface area contributed by atoms with Gasteiger partial charge in [0, 0.05) is 70.1 Å². The molecule has 0 saturated carbocycles. The van der Waals surface area contributed by atoms with Crippen LogP contribution in [0.3, 0.4) is 0 Å². The van der Waals surface area contributed by atoms with E-state index in [1.54, 1.807) is 0 Å². The summed E-state index contributed by atoms with van der Waals surface area (Å²) in [5.74, 6) is -7.47. The summed E-state index contributed by atoms with van der Waals surface area (Å²) in [7, 11) is 0. The molecule has 0 bridgehead atoms. The Labute approximate surface area is 321 Å². The van der Waals surface area contributed by atoms with Crippen LogP contribution in [0.2, 0.25) is 0 Å². The van der Waals surface area contributed by atoms with Crippen molar-refractivity contribution < 1.29 is 51.3 Å². The maximum Gasteiger partial charge on any atom is 3.00 e. The van der Waals surface area contributed by atoms with Crippen LogP contribution in [0.4, 0.5) is 0 Å². The van der Waals surface area contributed by atoms with Crippen LogP contribution in [-0.4, -0.2) is 49.0 Å². The molecule has 0 amide bonds. The van der Waals surface area contributed by atoms with E-state index in [4.69, 9.17) is 0 Å². The summed E-state index contributed by atoms with van der Waals surface area (Å²) in [6.45, 7) is 8.39. The number of Topliss-reactive ketones (excluding diaryl/α,β-unsaturated/α-hetero) is 4. The third-order valence-electron chi connectivity index (χ3n) is 8.65. The first-order valence-electron chi connectivity index (χ1n) is 16.7. The topological polar surface area (TPSA) is 173 Å². The molecule has 7 rings (SSSR count). The summed E-state index contributed by atoms with van der Waals surface area (Å²) in [5.41, 5.74) is 2.77. The molecule has 0 fully saturated rings. The van der Waals surface area contributed by atoms with Gasteiger partial charge in [0.2, 0.25) is 0 Å². The van der Waals surface area contributed by atoms with Crippen LogP contribution in [0.5, 0.6) is 0 Å². The summed E-state index contributed by atoms with van der Waals surface area (Å²) in [6, 6.07) is 29.4. The van der Waals surface area contributed by atoms with Crippen LogP contribution in [0.25, 0.3) is 0 Å². The van der Waals surface area contributed by atoms with E-state index in [9.17, 15) is 34.2 Å². The number of carbonyl (C=O) groups excluding carboxylic acids is 5. The quantitative estimate of drug-likeness (QED) is 0.166. The number of carbonyl (C=O) groups is 5. The molecule has 3 aromatic heterocycles. The van der Waals surface area contributed by atoms with E-state index in [-0.39, 0.29) is 39.3 Å². The molecular weight excluding hydrogens is 728 g/mol. The fraction of sp³-hybridized carbons (Fsp3) is 0.143. The Morgan fingerprint density at radius 1 is 0.519 bits per heavy atom. The molecule has 0 unspecified atom stereocenters. The summed E-state index contributed by atoms with van der Waals surface area (Å²) in [6.07, 6.45) is 0. The monoisotopic (exact) mass is 760 g/mol. The van der Waals surface area contributed by atoms with Crippen molar-refractivity contribution in [3.63, 3.8) is 0 Å². The van der Waals surface area contributed by atoms with Crippen molar-refractivity contribution >= 4 is 29.1 Å². The van der Waals surface area contributed by atoms with E-state index in [0.29, 0.717) is 0 Å². The SMILES string of the molecule is Cc1cccc(CN(Cc2cccc(C)n2)Cc2cccc(C)n2)n1.O=C([O-])C1=C(C2=C([O-])C(=O)c3ccccc3C2=O)C(=O)c2ccccc2C1=O.[Fe+3]. The van der Waals surface area contributed by atoms with Crippen molar-refractivity contribution in [2.45, 2.75) is 40.4 Å². The van der Waals surface area contributed by atoms with E-state index >= 15 is 0 Å². The second-order valence-electron chi connectivity index (χ2n) is 12.6. The molecule has 2 aliphatic carbocycles. The van der Waals surface area contributed by atoms with Gasteiger partial charge in [-0.3, -0.25) is 39.0 Å². The number of hydrogen-bond acceptors (Lipinski definition) is 11. The predicted octanol–water partition coefficient (Wildman–Crippen LogP) is 3.80. The number of benzene rings is 2. The molecule has 54 heavy (non-hydrogen) atoms. The van der Waals surface area contributed by atoms with Crippen molar-refractivity contribution in [2.24, 2.45) is 0 Å². The molecule has 269 valence electrons. The van der Waals surface area contributed by atoms with Crippen molar-refractivity contribution in [1.29, 1.82) is 0 Å². The molecule has 0 aliphatic heterocycles. The number of aryl methyl sites for hydroxylation is 3. The Morgan fingerprint density at radius 3 is 1.24 bits per heavy atom. The number of carboxylic acids is 1. The van der Waals surface area contributed by atoms with Crippen LogP contribution >= 0.6 is 0 Å². The molecule has 11 nitrogen and oxygen atoms in total. The maximum absolute atomic E-state index is 12.9.